The Morgan fingerprint density at radius 1 is 1.00 bits per heavy atom. The Balaban J connectivity index is 1.52. The minimum atomic E-state index is 0.355. The van der Waals surface area contributed by atoms with Crippen LogP contribution < -0.4 is 0 Å². The molecule has 1 saturated carbocycles. The van der Waals surface area contributed by atoms with Crippen molar-refractivity contribution in [2.24, 2.45) is 17.3 Å². The van der Waals surface area contributed by atoms with Gasteiger partial charge >= 0.3 is 0 Å². The van der Waals surface area contributed by atoms with Gasteiger partial charge in [-0.05, 0) is 63.0 Å². The van der Waals surface area contributed by atoms with Crippen LogP contribution in [0.2, 0.25) is 0 Å². The van der Waals surface area contributed by atoms with E-state index in [4.69, 9.17) is 0 Å². The van der Waals surface area contributed by atoms with Crippen LogP contribution in [0.5, 0.6) is 0 Å². The van der Waals surface area contributed by atoms with Crippen molar-refractivity contribution in [3.05, 3.63) is 76.4 Å². The average molecular weight is 348 g/mol. The lowest BCUT2D eigenvalue weighted by atomic mass is 9.57. The number of hydrogen-bond donors (Lipinski definition) is 0. The summed E-state index contributed by atoms with van der Waals surface area (Å²) in [6, 6.07) is 11.2. The summed E-state index contributed by atoms with van der Waals surface area (Å²) in [5, 5.41) is 0. The zero-order valence-corrected chi connectivity index (χ0v) is 13.5. The first-order valence-electron chi connectivity index (χ1n) is 7.92. The van der Waals surface area contributed by atoms with E-state index in [-0.39, 0.29) is 0 Å². The molecule has 1 aromatic heterocycles. The highest BCUT2D eigenvalue weighted by Gasteiger charge is 2.69. The van der Waals surface area contributed by atoms with Gasteiger partial charge in [-0.1, -0.05) is 36.4 Å². The molecule has 22 heavy (non-hydrogen) atoms. The zero-order valence-electron chi connectivity index (χ0n) is 11.9. The van der Waals surface area contributed by atoms with Crippen LogP contribution in [-0.4, -0.2) is 4.98 Å². The third-order valence-corrected chi connectivity index (χ3v) is 6.65. The number of fused-ring (bicyclic) bond motifs is 4. The zero-order chi connectivity index (χ0) is 14.5. The summed E-state index contributed by atoms with van der Waals surface area (Å²) in [6.07, 6.45) is 11.7. The van der Waals surface area contributed by atoms with Crippen molar-refractivity contribution in [2.75, 3.05) is 0 Å². The molecule has 1 fully saturated rings. The Labute approximate surface area is 137 Å². The van der Waals surface area contributed by atoms with Gasteiger partial charge in [0.25, 0.3) is 0 Å². The molecule has 5 atom stereocenters. The lowest BCUT2D eigenvalue weighted by Crippen LogP contribution is -2.35. The third-order valence-electron chi connectivity index (χ3n) is 6.18. The highest BCUT2D eigenvalue weighted by molar-refractivity contribution is 9.10. The van der Waals surface area contributed by atoms with Gasteiger partial charge in [-0.15, -0.1) is 0 Å². The van der Waals surface area contributed by atoms with Crippen LogP contribution in [0.15, 0.2) is 65.3 Å². The highest BCUT2D eigenvalue weighted by Crippen LogP contribution is 2.77. The van der Waals surface area contributed by atoms with Crippen LogP contribution in [0.1, 0.15) is 23.0 Å². The monoisotopic (exact) mass is 347 g/mol. The van der Waals surface area contributed by atoms with E-state index in [0.29, 0.717) is 11.3 Å². The fourth-order valence-electron chi connectivity index (χ4n) is 5.13. The van der Waals surface area contributed by atoms with Crippen molar-refractivity contribution >= 4 is 15.9 Å². The minimum Gasteiger partial charge on any atom is -0.255 e. The van der Waals surface area contributed by atoms with Crippen molar-refractivity contribution in [1.29, 1.82) is 0 Å². The molecular weight excluding hydrogens is 334 g/mol. The Hall–Kier alpha value is -1.67. The number of benzene rings is 1. The average Bonchev–Trinajstić information content (AvgIpc) is 3.08. The predicted octanol–water partition coefficient (Wildman–Crippen LogP) is 5.06. The van der Waals surface area contributed by atoms with E-state index in [0.717, 1.165) is 27.9 Å². The quantitative estimate of drug-likeness (QED) is 0.656. The van der Waals surface area contributed by atoms with Crippen LogP contribution in [-0.2, 0) is 0 Å². The number of rotatable bonds is 1. The second kappa shape index (κ2) is 3.62. The van der Waals surface area contributed by atoms with E-state index in [1.54, 1.807) is 5.56 Å². The first-order chi connectivity index (χ1) is 10.8. The third kappa shape index (κ3) is 1.21. The van der Waals surface area contributed by atoms with Crippen LogP contribution in [0.4, 0.5) is 0 Å². The molecule has 2 heteroatoms. The maximum atomic E-state index is 4.56. The molecule has 4 aliphatic carbocycles. The topological polar surface area (TPSA) is 12.9 Å². The normalized spacial score (nSPS) is 38.0. The van der Waals surface area contributed by atoms with E-state index in [9.17, 15) is 0 Å². The summed E-state index contributed by atoms with van der Waals surface area (Å²) < 4.78 is 1.03. The molecule has 0 radical (unpaired) electrons. The molecule has 0 N–H and O–H groups in total. The lowest BCUT2D eigenvalue weighted by molar-refractivity contribution is 0.322. The molecular formula is C20H14BrN. The van der Waals surface area contributed by atoms with Crippen molar-refractivity contribution in [3.63, 3.8) is 0 Å². The van der Waals surface area contributed by atoms with Crippen molar-refractivity contribution in [1.82, 2.24) is 4.98 Å². The summed E-state index contributed by atoms with van der Waals surface area (Å²) in [4.78, 5) is 4.56. The van der Waals surface area contributed by atoms with Crippen molar-refractivity contribution in [3.8, 4) is 11.3 Å². The number of allylic oxidation sites excluding steroid dienone is 4. The summed E-state index contributed by atoms with van der Waals surface area (Å²) in [5.74, 6) is 3.01. The van der Waals surface area contributed by atoms with Gasteiger partial charge in [-0.2, -0.15) is 0 Å². The van der Waals surface area contributed by atoms with E-state index in [1.807, 2.05) is 6.20 Å². The molecule has 2 aromatic rings. The van der Waals surface area contributed by atoms with Gasteiger partial charge in [0, 0.05) is 27.6 Å². The van der Waals surface area contributed by atoms with Crippen LogP contribution >= 0.6 is 15.9 Å². The second-order valence-corrected chi connectivity index (χ2v) is 7.95. The highest BCUT2D eigenvalue weighted by atomic mass is 79.9. The maximum Gasteiger partial charge on any atom is 0.0702 e. The smallest absolute Gasteiger partial charge is 0.0702 e. The van der Waals surface area contributed by atoms with E-state index in [2.05, 4.69) is 75.5 Å². The fraction of sp³-hybridized carbons (Fsp3) is 0.250. The SMILES string of the molecule is Brc1ccc(-c2ccc3c(c2)C2C=CC24C=CC2C3C24)nc1. The number of pyridine rings is 1. The van der Waals surface area contributed by atoms with Crippen LogP contribution in [0.3, 0.4) is 0 Å². The number of hydrogen-bond acceptors (Lipinski definition) is 1. The fourth-order valence-corrected chi connectivity index (χ4v) is 5.36. The molecule has 0 saturated heterocycles. The number of aromatic nitrogens is 1. The van der Waals surface area contributed by atoms with Gasteiger partial charge in [-0.25, -0.2) is 0 Å². The van der Waals surface area contributed by atoms with Gasteiger partial charge in [0.2, 0.25) is 0 Å². The summed E-state index contributed by atoms with van der Waals surface area (Å²) in [6.45, 7) is 0. The Kier molecular flexibility index (Phi) is 1.95. The van der Waals surface area contributed by atoms with E-state index in [1.165, 1.54) is 11.1 Å². The Morgan fingerprint density at radius 3 is 2.68 bits per heavy atom. The van der Waals surface area contributed by atoms with Crippen molar-refractivity contribution < 1.29 is 0 Å². The summed E-state index contributed by atoms with van der Waals surface area (Å²) in [5.41, 5.74) is 5.78. The van der Waals surface area contributed by atoms with Gasteiger partial charge in [0.1, 0.15) is 0 Å². The van der Waals surface area contributed by atoms with Gasteiger partial charge in [-0.3, -0.25) is 4.98 Å². The van der Waals surface area contributed by atoms with Crippen molar-refractivity contribution in [2.45, 2.75) is 11.8 Å². The molecule has 0 bridgehead atoms. The summed E-state index contributed by atoms with van der Waals surface area (Å²) in [7, 11) is 0. The molecule has 1 aromatic carbocycles. The van der Waals surface area contributed by atoms with Gasteiger partial charge in [0.05, 0.1) is 5.69 Å². The second-order valence-electron chi connectivity index (χ2n) is 7.03. The standard InChI is InChI=1S/C20H14BrN/c21-12-2-4-17(22-10-12)11-1-3-13-15(9-11)16-6-8-20(16)7-5-14-18(13)19(14)20/h1-10,14,16,18-19H. The first kappa shape index (κ1) is 11.8. The first-order valence-corrected chi connectivity index (χ1v) is 8.72. The largest absolute Gasteiger partial charge is 0.255 e. The maximum absolute atomic E-state index is 4.56. The van der Waals surface area contributed by atoms with Gasteiger partial charge < -0.3 is 0 Å². The lowest BCUT2D eigenvalue weighted by Gasteiger charge is -2.45. The van der Waals surface area contributed by atoms with E-state index >= 15 is 0 Å². The molecule has 1 heterocycles. The minimum absolute atomic E-state index is 0.355. The molecule has 0 aliphatic heterocycles. The predicted molar refractivity (Wildman–Crippen MR) is 90.5 cm³/mol. The molecule has 4 aliphatic rings. The van der Waals surface area contributed by atoms with Crippen LogP contribution in [0, 0.1) is 17.3 Å². The summed E-state index contributed by atoms with van der Waals surface area (Å²) >= 11 is 3.46. The molecule has 0 amide bonds. The van der Waals surface area contributed by atoms with E-state index < -0.39 is 0 Å². The molecule has 6 rings (SSSR count). The van der Waals surface area contributed by atoms with Crippen LogP contribution in [0.25, 0.3) is 11.3 Å². The Morgan fingerprint density at radius 2 is 1.91 bits per heavy atom. The Bertz CT molecular complexity index is 879. The number of nitrogens with zero attached hydrogens (tertiary/aromatic N) is 1. The molecule has 1 spiro atoms. The molecule has 1 nitrogen and oxygen atoms in total. The molecule has 106 valence electrons. The van der Waals surface area contributed by atoms with Gasteiger partial charge in [0.15, 0.2) is 0 Å². The molecule has 5 unspecified atom stereocenters. The number of halogens is 1.